The van der Waals surface area contributed by atoms with Gasteiger partial charge in [-0.1, -0.05) is 20.8 Å². The van der Waals surface area contributed by atoms with Gasteiger partial charge in [-0.2, -0.15) is 5.26 Å². The predicted octanol–water partition coefficient (Wildman–Crippen LogP) is 2.62. The van der Waals surface area contributed by atoms with E-state index in [1.54, 1.807) is 0 Å². The molecule has 0 aliphatic rings. The molecule has 92 valence electrons. The van der Waals surface area contributed by atoms with Crippen LogP contribution in [0, 0.1) is 17.2 Å². The van der Waals surface area contributed by atoms with Crippen LogP contribution in [0.1, 0.15) is 46.5 Å². The molecule has 0 aromatic rings. The zero-order valence-electron chi connectivity index (χ0n) is 10.8. The zero-order chi connectivity index (χ0) is 12.4. The van der Waals surface area contributed by atoms with Gasteiger partial charge in [0.15, 0.2) is 0 Å². The molecule has 0 aromatic heterocycles. The highest BCUT2D eigenvalue weighted by atomic mass is 16.1. The lowest BCUT2D eigenvalue weighted by Gasteiger charge is -2.22. The Morgan fingerprint density at radius 3 is 2.56 bits per heavy atom. The minimum Gasteiger partial charge on any atom is -0.302 e. The van der Waals surface area contributed by atoms with Crippen molar-refractivity contribution in [3.8, 4) is 6.07 Å². The molecule has 0 saturated heterocycles. The van der Waals surface area contributed by atoms with E-state index in [4.69, 9.17) is 5.26 Å². The van der Waals surface area contributed by atoms with E-state index >= 15 is 0 Å². The van der Waals surface area contributed by atoms with Gasteiger partial charge in [-0.05, 0) is 18.9 Å². The summed E-state index contributed by atoms with van der Waals surface area (Å²) in [6.45, 7) is 9.04. The highest BCUT2D eigenvalue weighted by Gasteiger charge is 2.07. The molecule has 0 aliphatic heterocycles. The van der Waals surface area contributed by atoms with Gasteiger partial charge < -0.3 is 4.90 Å². The zero-order valence-corrected chi connectivity index (χ0v) is 10.8. The molecule has 0 aromatic carbocycles. The number of carbonyl (C=O) groups excluding carboxylic acids is 1. The fourth-order valence-electron chi connectivity index (χ4n) is 1.70. The number of ketones is 1. The lowest BCUT2D eigenvalue weighted by molar-refractivity contribution is -0.118. The Balaban J connectivity index is 3.82. The normalized spacial score (nSPS) is 10.8. The van der Waals surface area contributed by atoms with E-state index in [2.05, 4.69) is 24.8 Å². The molecule has 0 amide bonds. The van der Waals surface area contributed by atoms with Crippen LogP contribution in [0.15, 0.2) is 0 Å². The quantitative estimate of drug-likeness (QED) is 0.604. The summed E-state index contributed by atoms with van der Waals surface area (Å²) in [5.41, 5.74) is 0. The Bertz CT molecular complexity index is 231. The van der Waals surface area contributed by atoms with E-state index in [0.29, 0.717) is 31.0 Å². The van der Waals surface area contributed by atoms with Crippen LogP contribution in [0.3, 0.4) is 0 Å². The Hall–Kier alpha value is -0.880. The van der Waals surface area contributed by atoms with Gasteiger partial charge in [-0.15, -0.1) is 0 Å². The molecule has 0 heterocycles. The van der Waals surface area contributed by atoms with E-state index < -0.39 is 0 Å². The Kier molecular flexibility index (Phi) is 8.84. The predicted molar refractivity (Wildman–Crippen MR) is 66.0 cm³/mol. The first kappa shape index (κ1) is 15.1. The number of hydrogen-bond acceptors (Lipinski definition) is 3. The van der Waals surface area contributed by atoms with Gasteiger partial charge in [-0.25, -0.2) is 0 Å². The lowest BCUT2D eigenvalue weighted by atomic mass is 10.1. The molecule has 0 spiro atoms. The second kappa shape index (κ2) is 9.35. The third-order valence-electron chi connectivity index (χ3n) is 2.49. The van der Waals surface area contributed by atoms with Gasteiger partial charge in [0, 0.05) is 32.4 Å². The van der Waals surface area contributed by atoms with Crippen molar-refractivity contribution in [2.75, 3.05) is 19.6 Å². The third-order valence-corrected chi connectivity index (χ3v) is 2.49. The number of nitriles is 1. The smallest absolute Gasteiger partial charge is 0.132 e. The second-order valence-electron chi connectivity index (χ2n) is 4.60. The molecule has 0 aliphatic carbocycles. The molecule has 0 atom stereocenters. The Labute approximate surface area is 99.4 Å². The maximum Gasteiger partial charge on any atom is 0.132 e. The molecule has 0 bridgehead atoms. The van der Waals surface area contributed by atoms with Gasteiger partial charge in [0.25, 0.3) is 0 Å². The summed E-state index contributed by atoms with van der Waals surface area (Å²) in [7, 11) is 0. The summed E-state index contributed by atoms with van der Waals surface area (Å²) in [4.78, 5) is 13.4. The topological polar surface area (TPSA) is 44.1 Å². The molecule has 16 heavy (non-hydrogen) atoms. The molecule has 3 nitrogen and oxygen atoms in total. The van der Waals surface area contributed by atoms with Crippen molar-refractivity contribution >= 4 is 5.78 Å². The van der Waals surface area contributed by atoms with Crippen molar-refractivity contribution in [1.82, 2.24) is 4.90 Å². The summed E-state index contributed by atoms with van der Waals surface area (Å²) < 4.78 is 0. The van der Waals surface area contributed by atoms with Crippen LogP contribution in [0.2, 0.25) is 0 Å². The number of carbonyl (C=O) groups is 1. The first-order chi connectivity index (χ1) is 7.60. The van der Waals surface area contributed by atoms with Crippen LogP contribution in [0.4, 0.5) is 0 Å². The van der Waals surface area contributed by atoms with E-state index in [9.17, 15) is 4.79 Å². The average molecular weight is 224 g/mol. The fraction of sp³-hybridized carbons (Fsp3) is 0.846. The summed E-state index contributed by atoms with van der Waals surface area (Å²) >= 11 is 0. The van der Waals surface area contributed by atoms with E-state index in [0.717, 1.165) is 26.1 Å². The molecule has 0 saturated carbocycles. The number of hydrogen-bond donors (Lipinski definition) is 0. The van der Waals surface area contributed by atoms with E-state index in [-0.39, 0.29) is 0 Å². The van der Waals surface area contributed by atoms with Crippen LogP contribution in [-0.2, 0) is 4.79 Å². The Morgan fingerprint density at radius 1 is 1.38 bits per heavy atom. The Morgan fingerprint density at radius 2 is 2.06 bits per heavy atom. The molecule has 0 rings (SSSR count). The summed E-state index contributed by atoms with van der Waals surface area (Å²) in [6, 6.07) is 2.17. The lowest BCUT2D eigenvalue weighted by Crippen LogP contribution is -2.30. The summed E-state index contributed by atoms with van der Waals surface area (Å²) in [5, 5.41) is 8.57. The fourth-order valence-corrected chi connectivity index (χ4v) is 1.70. The number of rotatable bonds is 9. The molecular weight excluding hydrogens is 200 g/mol. The SMILES string of the molecule is CCC(=O)CCCN(CCC#N)CC(C)C. The molecule has 0 N–H and O–H groups in total. The largest absolute Gasteiger partial charge is 0.302 e. The highest BCUT2D eigenvalue weighted by Crippen LogP contribution is 2.03. The molecule has 0 fully saturated rings. The minimum atomic E-state index is 0.338. The van der Waals surface area contributed by atoms with Crippen molar-refractivity contribution in [1.29, 1.82) is 5.26 Å². The summed E-state index contributed by atoms with van der Waals surface area (Å²) in [6.07, 6.45) is 2.82. The first-order valence-electron chi connectivity index (χ1n) is 6.21. The van der Waals surface area contributed by atoms with Crippen LogP contribution in [0.5, 0.6) is 0 Å². The maximum atomic E-state index is 11.2. The van der Waals surface area contributed by atoms with Crippen molar-refractivity contribution in [3.05, 3.63) is 0 Å². The number of Topliss-reactive ketones (excluding diaryl/α,β-unsaturated/α-hetero) is 1. The number of nitrogens with zero attached hydrogens (tertiary/aromatic N) is 2. The van der Waals surface area contributed by atoms with Gasteiger partial charge in [0.1, 0.15) is 5.78 Å². The average Bonchev–Trinajstić information content (AvgIpc) is 2.24. The molecule has 0 radical (unpaired) electrons. The monoisotopic (exact) mass is 224 g/mol. The minimum absolute atomic E-state index is 0.338. The highest BCUT2D eigenvalue weighted by molar-refractivity contribution is 5.77. The maximum absolute atomic E-state index is 11.2. The third kappa shape index (κ3) is 8.43. The van der Waals surface area contributed by atoms with Crippen molar-refractivity contribution in [3.63, 3.8) is 0 Å². The second-order valence-corrected chi connectivity index (χ2v) is 4.60. The van der Waals surface area contributed by atoms with E-state index in [1.165, 1.54) is 0 Å². The van der Waals surface area contributed by atoms with Gasteiger partial charge in [0.05, 0.1) is 6.07 Å². The molecule has 3 heteroatoms. The van der Waals surface area contributed by atoms with Crippen LogP contribution in [0.25, 0.3) is 0 Å². The standard InChI is InChI=1S/C13H24N2O/c1-4-13(16)7-5-9-15(10-6-8-14)11-12(2)3/h12H,4-7,9-11H2,1-3H3. The van der Waals surface area contributed by atoms with Gasteiger partial charge in [0.2, 0.25) is 0 Å². The molecular formula is C13H24N2O. The summed E-state index contributed by atoms with van der Waals surface area (Å²) in [5.74, 6) is 0.949. The van der Waals surface area contributed by atoms with Crippen LogP contribution in [-0.4, -0.2) is 30.3 Å². The van der Waals surface area contributed by atoms with Crippen molar-refractivity contribution < 1.29 is 4.79 Å². The van der Waals surface area contributed by atoms with Gasteiger partial charge in [-0.3, -0.25) is 4.79 Å². The van der Waals surface area contributed by atoms with Crippen LogP contribution >= 0.6 is 0 Å². The molecule has 0 unspecified atom stereocenters. The van der Waals surface area contributed by atoms with E-state index in [1.807, 2.05) is 6.92 Å². The van der Waals surface area contributed by atoms with Crippen molar-refractivity contribution in [2.24, 2.45) is 5.92 Å². The van der Waals surface area contributed by atoms with Crippen LogP contribution < -0.4 is 0 Å². The van der Waals surface area contributed by atoms with Crippen molar-refractivity contribution in [2.45, 2.75) is 46.5 Å². The van der Waals surface area contributed by atoms with Gasteiger partial charge >= 0.3 is 0 Å². The first-order valence-corrected chi connectivity index (χ1v) is 6.21.